The molecule has 0 saturated heterocycles. The van der Waals surface area contributed by atoms with Crippen molar-refractivity contribution in [1.29, 1.82) is 0 Å². The normalized spacial score (nSPS) is 21.3. The SMILES string of the molecule is CCCOc1cc(C)c(C(C)CC2CC2C(=O)OC)c(C)c1. The molecule has 0 radical (unpaired) electrons. The summed E-state index contributed by atoms with van der Waals surface area (Å²) in [6.45, 7) is 9.44. The minimum atomic E-state index is -0.0473. The van der Waals surface area contributed by atoms with E-state index in [-0.39, 0.29) is 11.9 Å². The molecular formula is C19H28O3. The molecule has 1 aliphatic rings. The summed E-state index contributed by atoms with van der Waals surface area (Å²) < 4.78 is 10.6. The highest BCUT2D eigenvalue weighted by atomic mass is 16.5. The average Bonchev–Trinajstić information content (AvgIpc) is 3.22. The van der Waals surface area contributed by atoms with E-state index in [2.05, 4.69) is 39.8 Å². The molecule has 1 aromatic carbocycles. The number of ether oxygens (including phenoxy) is 2. The zero-order valence-corrected chi connectivity index (χ0v) is 14.4. The Balaban J connectivity index is 2.04. The lowest BCUT2D eigenvalue weighted by Crippen LogP contribution is -2.07. The molecule has 0 N–H and O–H groups in total. The fraction of sp³-hybridized carbons (Fsp3) is 0.632. The molecule has 0 spiro atoms. The predicted molar refractivity (Wildman–Crippen MR) is 88.3 cm³/mol. The first kappa shape index (κ1) is 16.9. The van der Waals surface area contributed by atoms with Gasteiger partial charge < -0.3 is 9.47 Å². The highest BCUT2D eigenvalue weighted by Crippen LogP contribution is 2.46. The molecule has 1 fully saturated rings. The van der Waals surface area contributed by atoms with Gasteiger partial charge in [-0.2, -0.15) is 0 Å². The van der Waals surface area contributed by atoms with E-state index in [0.717, 1.165) is 31.6 Å². The lowest BCUT2D eigenvalue weighted by molar-refractivity contribution is -0.142. The van der Waals surface area contributed by atoms with Gasteiger partial charge in [-0.15, -0.1) is 0 Å². The molecule has 3 nitrogen and oxygen atoms in total. The maximum atomic E-state index is 11.5. The van der Waals surface area contributed by atoms with Crippen molar-refractivity contribution in [3.05, 3.63) is 28.8 Å². The van der Waals surface area contributed by atoms with Crippen molar-refractivity contribution in [2.45, 2.75) is 52.9 Å². The maximum absolute atomic E-state index is 11.5. The predicted octanol–water partition coefficient (Wildman–Crippen LogP) is 4.39. The Kier molecular flexibility index (Phi) is 5.49. The van der Waals surface area contributed by atoms with Crippen LogP contribution in [0.5, 0.6) is 5.75 Å². The fourth-order valence-electron chi connectivity index (χ4n) is 3.54. The van der Waals surface area contributed by atoms with Crippen LogP contribution in [0.4, 0.5) is 0 Å². The van der Waals surface area contributed by atoms with Crippen LogP contribution in [-0.2, 0) is 9.53 Å². The van der Waals surface area contributed by atoms with Crippen LogP contribution in [-0.4, -0.2) is 19.7 Å². The number of hydrogen-bond acceptors (Lipinski definition) is 3. The Hall–Kier alpha value is -1.51. The summed E-state index contributed by atoms with van der Waals surface area (Å²) in [6, 6.07) is 4.28. The molecule has 122 valence electrons. The van der Waals surface area contributed by atoms with E-state index in [1.54, 1.807) is 0 Å². The van der Waals surface area contributed by atoms with Gasteiger partial charge in [-0.25, -0.2) is 0 Å². The van der Waals surface area contributed by atoms with E-state index in [1.165, 1.54) is 23.8 Å². The van der Waals surface area contributed by atoms with Gasteiger partial charge in [-0.3, -0.25) is 4.79 Å². The molecule has 0 aliphatic heterocycles. The van der Waals surface area contributed by atoms with E-state index in [4.69, 9.17) is 9.47 Å². The topological polar surface area (TPSA) is 35.5 Å². The number of methoxy groups -OCH3 is 1. The smallest absolute Gasteiger partial charge is 0.308 e. The van der Waals surface area contributed by atoms with Gasteiger partial charge in [0.05, 0.1) is 19.6 Å². The van der Waals surface area contributed by atoms with Gasteiger partial charge in [-0.1, -0.05) is 13.8 Å². The van der Waals surface area contributed by atoms with E-state index >= 15 is 0 Å². The minimum Gasteiger partial charge on any atom is -0.494 e. The summed E-state index contributed by atoms with van der Waals surface area (Å²) in [5.41, 5.74) is 3.97. The Morgan fingerprint density at radius 3 is 2.50 bits per heavy atom. The fourth-order valence-corrected chi connectivity index (χ4v) is 3.54. The van der Waals surface area contributed by atoms with Crippen molar-refractivity contribution in [3.8, 4) is 5.75 Å². The lowest BCUT2D eigenvalue weighted by atomic mass is 9.88. The summed E-state index contributed by atoms with van der Waals surface area (Å²) in [4.78, 5) is 11.5. The molecule has 0 bridgehead atoms. The van der Waals surface area contributed by atoms with Gasteiger partial charge in [0.25, 0.3) is 0 Å². The van der Waals surface area contributed by atoms with Crippen LogP contribution in [0.2, 0.25) is 0 Å². The molecule has 1 saturated carbocycles. The Bertz CT molecular complexity index is 512. The molecule has 0 heterocycles. The maximum Gasteiger partial charge on any atom is 0.308 e. The third kappa shape index (κ3) is 3.82. The second-order valence-electron chi connectivity index (χ2n) is 6.58. The molecular weight excluding hydrogens is 276 g/mol. The van der Waals surface area contributed by atoms with Crippen LogP contribution < -0.4 is 4.74 Å². The molecule has 0 amide bonds. The van der Waals surface area contributed by atoms with E-state index < -0.39 is 0 Å². The van der Waals surface area contributed by atoms with Crippen molar-refractivity contribution in [2.75, 3.05) is 13.7 Å². The zero-order valence-electron chi connectivity index (χ0n) is 14.4. The van der Waals surface area contributed by atoms with E-state index in [9.17, 15) is 4.79 Å². The number of carbonyl (C=O) groups excluding carboxylic acids is 1. The van der Waals surface area contributed by atoms with Crippen LogP contribution in [0.3, 0.4) is 0 Å². The number of hydrogen-bond donors (Lipinski definition) is 0. The van der Waals surface area contributed by atoms with Crippen LogP contribution in [0.1, 0.15) is 55.7 Å². The van der Waals surface area contributed by atoms with Crippen LogP contribution >= 0.6 is 0 Å². The Morgan fingerprint density at radius 2 is 1.95 bits per heavy atom. The van der Waals surface area contributed by atoms with Crippen molar-refractivity contribution >= 4 is 5.97 Å². The second kappa shape index (κ2) is 7.17. The second-order valence-corrected chi connectivity index (χ2v) is 6.58. The first-order valence-corrected chi connectivity index (χ1v) is 8.29. The van der Waals surface area contributed by atoms with Crippen LogP contribution in [0.15, 0.2) is 12.1 Å². The molecule has 22 heavy (non-hydrogen) atoms. The van der Waals surface area contributed by atoms with E-state index in [0.29, 0.717) is 11.8 Å². The van der Waals surface area contributed by atoms with Gasteiger partial charge in [0.2, 0.25) is 0 Å². The standard InChI is InChI=1S/C19H28O3/c1-6-7-22-16-9-13(3)18(14(4)10-16)12(2)8-15-11-17(15)19(20)21-5/h9-10,12,15,17H,6-8,11H2,1-5H3. The average molecular weight is 304 g/mol. The van der Waals surface area contributed by atoms with Crippen molar-refractivity contribution < 1.29 is 14.3 Å². The molecule has 3 unspecified atom stereocenters. The summed E-state index contributed by atoms with van der Waals surface area (Å²) in [6.07, 6.45) is 3.05. The molecule has 3 heteroatoms. The Labute approximate surface area is 134 Å². The summed E-state index contributed by atoms with van der Waals surface area (Å²) in [5.74, 6) is 1.98. The summed E-state index contributed by atoms with van der Waals surface area (Å²) in [5, 5.41) is 0. The number of esters is 1. The third-order valence-electron chi connectivity index (χ3n) is 4.62. The number of aryl methyl sites for hydroxylation is 2. The minimum absolute atomic E-state index is 0.0473. The monoisotopic (exact) mass is 304 g/mol. The Morgan fingerprint density at radius 1 is 1.32 bits per heavy atom. The van der Waals surface area contributed by atoms with Crippen molar-refractivity contribution in [1.82, 2.24) is 0 Å². The number of benzene rings is 1. The highest BCUT2D eigenvalue weighted by molar-refractivity contribution is 5.75. The molecule has 1 aromatic rings. The number of rotatable bonds is 7. The molecule has 0 aromatic heterocycles. The lowest BCUT2D eigenvalue weighted by Gasteiger charge is -2.19. The molecule has 2 rings (SSSR count). The van der Waals surface area contributed by atoms with Gasteiger partial charge in [0.1, 0.15) is 5.75 Å². The van der Waals surface area contributed by atoms with Gasteiger partial charge in [-0.05, 0) is 73.8 Å². The van der Waals surface area contributed by atoms with Crippen LogP contribution in [0, 0.1) is 25.7 Å². The summed E-state index contributed by atoms with van der Waals surface area (Å²) >= 11 is 0. The quantitative estimate of drug-likeness (QED) is 0.701. The largest absolute Gasteiger partial charge is 0.494 e. The van der Waals surface area contributed by atoms with Gasteiger partial charge >= 0.3 is 5.97 Å². The zero-order chi connectivity index (χ0) is 16.3. The van der Waals surface area contributed by atoms with Crippen molar-refractivity contribution in [3.63, 3.8) is 0 Å². The first-order valence-electron chi connectivity index (χ1n) is 8.29. The van der Waals surface area contributed by atoms with Gasteiger partial charge in [0.15, 0.2) is 0 Å². The number of carbonyl (C=O) groups is 1. The highest BCUT2D eigenvalue weighted by Gasteiger charge is 2.44. The summed E-state index contributed by atoms with van der Waals surface area (Å²) in [7, 11) is 1.48. The van der Waals surface area contributed by atoms with Crippen LogP contribution in [0.25, 0.3) is 0 Å². The molecule has 1 aliphatic carbocycles. The van der Waals surface area contributed by atoms with E-state index in [1.807, 2.05) is 0 Å². The van der Waals surface area contributed by atoms with Crippen molar-refractivity contribution in [2.24, 2.45) is 11.8 Å². The first-order chi connectivity index (χ1) is 10.5. The third-order valence-corrected chi connectivity index (χ3v) is 4.62. The van der Waals surface area contributed by atoms with Gasteiger partial charge in [0, 0.05) is 0 Å². The molecule has 3 atom stereocenters.